The van der Waals surface area contributed by atoms with Gasteiger partial charge >= 0.3 is 5.97 Å². The number of rotatable bonds is 5. The summed E-state index contributed by atoms with van der Waals surface area (Å²) in [5.41, 5.74) is 1.77. The fraction of sp³-hybridized carbons (Fsp3) is 0.200. The van der Waals surface area contributed by atoms with Crippen molar-refractivity contribution < 1.29 is 23.9 Å². The molecule has 0 aliphatic carbocycles. The zero-order valence-corrected chi connectivity index (χ0v) is 15.9. The summed E-state index contributed by atoms with van der Waals surface area (Å²) in [6, 6.07) is 10.1. The number of fused-ring (bicyclic) bond motifs is 1. The van der Waals surface area contributed by atoms with E-state index >= 15 is 0 Å². The molecular formula is C20H17ClN2O5. The SMILES string of the molecule is Cc1cc(Cl)ccc1NC(=O)COC(=O)C(C)N1C(=O)c2ccccc2C1=O. The highest BCUT2D eigenvalue weighted by atomic mass is 35.5. The van der Waals surface area contributed by atoms with E-state index in [0.29, 0.717) is 10.7 Å². The van der Waals surface area contributed by atoms with Crippen molar-refractivity contribution in [3.05, 3.63) is 64.2 Å². The fourth-order valence-electron chi connectivity index (χ4n) is 2.88. The third kappa shape index (κ3) is 3.75. The normalized spacial score (nSPS) is 13.9. The molecule has 2 aromatic carbocycles. The molecule has 0 spiro atoms. The Morgan fingerprint density at radius 1 is 1.11 bits per heavy atom. The number of ether oxygens (including phenoxy) is 1. The molecule has 7 nitrogen and oxygen atoms in total. The summed E-state index contributed by atoms with van der Waals surface area (Å²) < 4.78 is 4.99. The van der Waals surface area contributed by atoms with Gasteiger partial charge in [0.05, 0.1) is 11.1 Å². The van der Waals surface area contributed by atoms with Gasteiger partial charge in [-0.1, -0.05) is 23.7 Å². The van der Waals surface area contributed by atoms with Crippen molar-refractivity contribution in [1.82, 2.24) is 4.90 Å². The first-order valence-corrected chi connectivity index (χ1v) is 8.87. The second-order valence-electron chi connectivity index (χ2n) is 6.32. The second kappa shape index (κ2) is 7.82. The number of carbonyl (C=O) groups is 4. The number of aryl methyl sites for hydroxylation is 1. The van der Waals surface area contributed by atoms with Crippen LogP contribution in [0.3, 0.4) is 0 Å². The van der Waals surface area contributed by atoms with Crippen molar-refractivity contribution in [2.45, 2.75) is 19.9 Å². The van der Waals surface area contributed by atoms with Gasteiger partial charge in [-0.15, -0.1) is 0 Å². The molecule has 0 saturated carbocycles. The van der Waals surface area contributed by atoms with Crippen molar-refractivity contribution in [1.29, 1.82) is 0 Å². The number of halogens is 1. The first-order valence-electron chi connectivity index (χ1n) is 8.49. The van der Waals surface area contributed by atoms with Crippen molar-refractivity contribution >= 4 is 41.0 Å². The lowest BCUT2D eigenvalue weighted by Gasteiger charge is -2.20. The van der Waals surface area contributed by atoms with Crippen molar-refractivity contribution in [2.24, 2.45) is 0 Å². The summed E-state index contributed by atoms with van der Waals surface area (Å²) >= 11 is 5.87. The van der Waals surface area contributed by atoms with Crippen LogP contribution in [0.1, 0.15) is 33.2 Å². The van der Waals surface area contributed by atoms with Crippen molar-refractivity contribution in [2.75, 3.05) is 11.9 Å². The maximum atomic E-state index is 12.4. The minimum Gasteiger partial charge on any atom is -0.454 e. The standard InChI is InChI=1S/C20H17ClN2O5/c1-11-9-13(21)7-8-16(11)22-17(24)10-28-20(27)12(2)23-18(25)14-5-3-4-6-15(14)19(23)26/h3-9,12H,10H2,1-2H3,(H,22,24). The van der Waals surface area contributed by atoms with Crippen LogP contribution >= 0.6 is 11.6 Å². The first kappa shape index (κ1) is 19.6. The molecule has 8 heteroatoms. The summed E-state index contributed by atoms with van der Waals surface area (Å²) in [5.74, 6) is -2.52. The third-order valence-corrected chi connectivity index (χ3v) is 4.60. The van der Waals surface area contributed by atoms with E-state index in [-0.39, 0.29) is 11.1 Å². The van der Waals surface area contributed by atoms with Crippen LogP contribution in [-0.2, 0) is 14.3 Å². The first-order chi connectivity index (χ1) is 13.3. The molecule has 28 heavy (non-hydrogen) atoms. The Labute approximate surface area is 166 Å². The summed E-state index contributed by atoms with van der Waals surface area (Å²) in [4.78, 5) is 50.0. The average Bonchev–Trinajstić information content (AvgIpc) is 2.92. The number of hydrogen-bond donors (Lipinski definition) is 1. The van der Waals surface area contributed by atoms with Gasteiger partial charge in [-0.2, -0.15) is 0 Å². The van der Waals surface area contributed by atoms with Gasteiger partial charge in [0, 0.05) is 10.7 Å². The highest BCUT2D eigenvalue weighted by molar-refractivity contribution is 6.30. The molecule has 3 amide bonds. The van der Waals surface area contributed by atoms with E-state index < -0.39 is 36.3 Å². The summed E-state index contributed by atoms with van der Waals surface area (Å²) in [7, 11) is 0. The zero-order chi connectivity index (χ0) is 20.4. The van der Waals surface area contributed by atoms with Gasteiger partial charge in [0.25, 0.3) is 17.7 Å². The smallest absolute Gasteiger partial charge is 0.329 e. The molecule has 0 saturated heterocycles. The Kier molecular flexibility index (Phi) is 5.46. The number of imide groups is 1. The second-order valence-corrected chi connectivity index (χ2v) is 6.75. The summed E-state index contributed by atoms with van der Waals surface area (Å²) in [5, 5.41) is 3.15. The minimum atomic E-state index is -1.16. The number of nitrogens with one attached hydrogen (secondary N) is 1. The number of amides is 3. The van der Waals surface area contributed by atoms with E-state index in [1.807, 2.05) is 0 Å². The van der Waals surface area contributed by atoms with Gasteiger partial charge in [-0.05, 0) is 49.7 Å². The van der Waals surface area contributed by atoms with Crippen molar-refractivity contribution in [3.63, 3.8) is 0 Å². The van der Waals surface area contributed by atoms with Crippen LogP contribution in [0.5, 0.6) is 0 Å². The molecule has 0 radical (unpaired) electrons. The molecule has 144 valence electrons. The van der Waals surface area contributed by atoms with E-state index in [9.17, 15) is 19.2 Å². The van der Waals surface area contributed by atoms with Gasteiger partial charge in [0.2, 0.25) is 0 Å². The molecule has 0 bridgehead atoms. The highest BCUT2D eigenvalue weighted by Gasteiger charge is 2.41. The minimum absolute atomic E-state index is 0.239. The van der Waals surface area contributed by atoms with Crippen LogP contribution in [-0.4, -0.2) is 41.2 Å². The van der Waals surface area contributed by atoms with Crippen LogP contribution < -0.4 is 5.32 Å². The molecule has 2 aromatic rings. The predicted molar refractivity (Wildman–Crippen MR) is 102 cm³/mol. The Hall–Kier alpha value is -3.19. The van der Waals surface area contributed by atoms with E-state index in [0.717, 1.165) is 10.5 Å². The fourth-order valence-corrected chi connectivity index (χ4v) is 3.10. The third-order valence-electron chi connectivity index (χ3n) is 4.36. The van der Waals surface area contributed by atoms with E-state index in [1.165, 1.54) is 19.1 Å². The molecule has 0 fully saturated rings. The molecule has 1 N–H and O–H groups in total. The Morgan fingerprint density at radius 2 is 1.71 bits per heavy atom. The molecule has 1 heterocycles. The van der Waals surface area contributed by atoms with Crippen LogP contribution in [0.25, 0.3) is 0 Å². The number of nitrogens with zero attached hydrogens (tertiary/aromatic N) is 1. The molecular weight excluding hydrogens is 384 g/mol. The van der Waals surface area contributed by atoms with E-state index in [2.05, 4.69) is 5.32 Å². The molecule has 1 aliphatic heterocycles. The van der Waals surface area contributed by atoms with Crippen LogP contribution in [0, 0.1) is 6.92 Å². The molecule has 3 rings (SSSR count). The lowest BCUT2D eigenvalue weighted by Crippen LogP contribution is -2.44. The van der Waals surface area contributed by atoms with E-state index in [4.69, 9.17) is 16.3 Å². The number of hydrogen-bond acceptors (Lipinski definition) is 5. The maximum Gasteiger partial charge on any atom is 0.329 e. The average molecular weight is 401 g/mol. The number of anilines is 1. The van der Waals surface area contributed by atoms with Gasteiger partial charge in [-0.25, -0.2) is 4.79 Å². The summed E-state index contributed by atoms with van der Waals surface area (Å²) in [6.07, 6.45) is 0. The van der Waals surface area contributed by atoms with Crippen LogP contribution in [0.2, 0.25) is 5.02 Å². The molecule has 1 unspecified atom stereocenters. The van der Waals surface area contributed by atoms with Crippen LogP contribution in [0.15, 0.2) is 42.5 Å². The Bertz CT molecular complexity index is 953. The number of esters is 1. The predicted octanol–water partition coefficient (Wildman–Crippen LogP) is 2.81. The zero-order valence-electron chi connectivity index (χ0n) is 15.2. The van der Waals surface area contributed by atoms with Crippen molar-refractivity contribution in [3.8, 4) is 0 Å². The quantitative estimate of drug-likeness (QED) is 0.615. The Morgan fingerprint density at radius 3 is 2.29 bits per heavy atom. The molecule has 0 aromatic heterocycles. The van der Waals surface area contributed by atoms with Gasteiger partial charge in [0.15, 0.2) is 6.61 Å². The maximum absolute atomic E-state index is 12.4. The van der Waals surface area contributed by atoms with Crippen LogP contribution in [0.4, 0.5) is 5.69 Å². The molecule has 1 atom stereocenters. The monoisotopic (exact) mass is 400 g/mol. The number of benzene rings is 2. The number of carbonyl (C=O) groups excluding carboxylic acids is 4. The Balaban J connectivity index is 1.60. The van der Waals surface area contributed by atoms with E-state index in [1.54, 1.807) is 37.3 Å². The van der Waals surface area contributed by atoms with Gasteiger partial charge in [0.1, 0.15) is 6.04 Å². The molecule has 1 aliphatic rings. The summed E-state index contributed by atoms with van der Waals surface area (Å²) in [6.45, 7) is 2.61. The lowest BCUT2D eigenvalue weighted by atomic mass is 10.1. The highest BCUT2D eigenvalue weighted by Crippen LogP contribution is 2.25. The topological polar surface area (TPSA) is 92.8 Å². The largest absolute Gasteiger partial charge is 0.454 e. The van der Waals surface area contributed by atoms with Gasteiger partial charge in [-0.3, -0.25) is 19.3 Å². The lowest BCUT2D eigenvalue weighted by molar-refractivity contribution is -0.150. The van der Waals surface area contributed by atoms with Gasteiger partial charge < -0.3 is 10.1 Å².